The van der Waals surface area contributed by atoms with E-state index in [4.69, 9.17) is 22.1 Å². The Bertz CT molecular complexity index is 408. The van der Waals surface area contributed by atoms with Crippen molar-refractivity contribution in [1.82, 2.24) is 0 Å². The molecule has 0 aromatic heterocycles. The van der Waals surface area contributed by atoms with E-state index in [-0.39, 0.29) is 0 Å². The maximum Gasteiger partial charge on any atom is 0.404 e. The zero-order chi connectivity index (χ0) is 11.0. The lowest BCUT2D eigenvalue weighted by Gasteiger charge is -2.13. The number of rotatable bonds is 1. The smallest absolute Gasteiger partial charge is 0.404 e. The molecule has 1 aliphatic rings. The number of ether oxygens (including phenoxy) is 1. The van der Waals surface area contributed by atoms with Gasteiger partial charge in [-0.15, -0.1) is 0 Å². The number of hydrogen-bond acceptors (Lipinski definition) is 3. The SMILES string of the molecule is NC(=O)O[C@H]1Cc2c(Cl)cccc2[C@H]1O. The van der Waals surface area contributed by atoms with E-state index in [1.807, 2.05) is 0 Å². The first kappa shape index (κ1) is 10.3. The average molecular weight is 228 g/mol. The standard InChI is InChI=1S/C10H10ClNO3/c11-7-3-1-2-5-6(7)4-8(9(5)13)15-10(12)14/h1-3,8-9,13H,4H2,(H2,12,14)/t8-,9+/m0/s1. The molecule has 1 amide bonds. The third kappa shape index (κ3) is 1.78. The number of primary amides is 1. The Kier molecular flexibility index (Phi) is 2.54. The summed E-state index contributed by atoms with van der Waals surface area (Å²) in [4.78, 5) is 10.6. The van der Waals surface area contributed by atoms with Gasteiger partial charge in [0.05, 0.1) is 0 Å². The van der Waals surface area contributed by atoms with Gasteiger partial charge in [0, 0.05) is 11.4 Å². The van der Waals surface area contributed by atoms with Gasteiger partial charge < -0.3 is 15.6 Å². The van der Waals surface area contributed by atoms with Gasteiger partial charge in [0.25, 0.3) is 0 Å². The van der Waals surface area contributed by atoms with Crippen LogP contribution in [0.4, 0.5) is 4.79 Å². The van der Waals surface area contributed by atoms with E-state index >= 15 is 0 Å². The minimum Gasteiger partial charge on any atom is -0.443 e. The molecule has 2 atom stereocenters. The Morgan fingerprint density at radius 1 is 1.60 bits per heavy atom. The van der Waals surface area contributed by atoms with Gasteiger partial charge in [-0.25, -0.2) is 4.79 Å². The van der Waals surface area contributed by atoms with Gasteiger partial charge >= 0.3 is 6.09 Å². The number of hydrogen-bond donors (Lipinski definition) is 2. The second-order valence-electron chi connectivity index (χ2n) is 3.43. The molecule has 80 valence electrons. The van der Waals surface area contributed by atoms with Gasteiger partial charge in [0.1, 0.15) is 12.2 Å². The van der Waals surface area contributed by atoms with Crippen LogP contribution < -0.4 is 5.73 Å². The summed E-state index contributed by atoms with van der Waals surface area (Å²) in [7, 11) is 0. The van der Waals surface area contributed by atoms with E-state index in [1.54, 1.807) is 18.2 Å². The Balaban J connectivity index is 2.29. The van der Waals surface area contributed by atoms with E-state index in [2.05, 4.69) is 0 Å². The molecule has 2 rings (SSSR count). The normalized spacial score (nSPS) is 23.6. The molecule has 3 N–H and O–H groups in total. The molecule has 0 unspecified atom stereocenters. The zero-order valence-corrected chi connectivity index (χ0v) is 8.57. The minimum atomic E-state index is -0.886. The van der Waals surface area contributed by atoms with Gasteiger partial charge in [-0.2, -0.15) is 0 Å². The number of benzene rings is 1. The van der Waals surface area contributed by atoms with Gasteiger partial charge in [-0.05, 0) is 17.2 Å². The van der Waals surface area contributed by atoms with Crippen LogP contribution in [0.5, 0.6) is 0 Å². The molecule has 0 radical (unpaired) electrons. The molecule has 1 aromatic rings. The summed E-state index contributed by atoms with van der Waals surface area (Å²) in [5.41, 5.74) is 6.42. The molecule has 5 heteroatoms. The van der Waals surface area contributed by atoms with Crippen LogP contribution in [0, 0.1) is 0 Å². The van der Waals surface area contributed by atoms with Crippen LogP contribution in [0.15, 0.2) is 18.2 Å². The van der Waals surface area contributed by atoms with Crippen LogP contribution in [0.3, 0.4) is 0 Å². The summed E-state index contributed by atoms with van der Waals surface area (Å²) in [5.74, 6) is 0. The molecular weight excluding hydrogens is 218 g/mol. The fraction of sp³-hybridized carbons (Fsp3) is 0.300. The molecule has 4 nitrogen and oxygen atoms in total. The third-order valence-electron chi connectivity index (χ3n) is 2.50. The van der Waals surface area contributed by atoms with E-state index in [1.165, 1.54) is 0 Å². The first-order valence-corrected chi connectivity index (χ1v) is 4.89. The number of fused-ring (bicyclic) bond motifs is 1. The van der Waals surface area contributed by atoms with E-state index in [9.17, 15) is 9.90 Å². The maximum absolute atomic E-state index is 10.6. The van der Waals surface area contributed by atoms with Gasteiger partial charge in [-0.1, -0.05) is 23.7 Å². The van der Waals surface area contributed by atoms with Crippen LogP contribution in [0.25, 0.3) is 0 Å². The molecule has 15 heavy (non-hydrogen) atoms. The highest BCUT2D eigenvalue weighted by Gasteiger charge is 2.34. The summed E-state index contributed by atoms with van der Waals surface area (Å²) in [6, 6.07) is 5.24. The first-order valence-electron chi connectivity index (χ1n) is 4.51. The van der Waals surface area contributed by atoms with Crippen molar-refractivity contribution in [3.8, 4) is 0 Å². The largest absolute Gasteiger partial charge is 0.443 e. The van der Waals surface area contributed by atoms with Crippen molar-refractivity contribution in [3.63, 3.8) is 0 Å². The van der Waals surface area contributed by atoms with E-state index in [0.717, 1.165) is 5.56 Å². The fourth-order valence-corrected chi connectivity index (χ4v) is 2.10. The number of amides is 1. The predicted molar refractivity (Wildman–Crippen MR) is 54.6 cm³/mol. The van der Waals surface area contributed by atoms with E-state index < -0.39 is 18.3 Å². The van der Waals surface area contributed by atoms with Crippen molar-refractivity contribution in [2.24, 2.45) is 5.73 Å². The van der Waals surface area contributed by atoms with Gasteiger partial charge in [-0.3, -0.25) is 0 Å². The highest BCUT2D eigenvalue weighted by Crippen LogP contribution is 2.36. The van der Waals surface area contributed by atoms with E-state index in [0.29, 0.717) is 17.0 Å². The fourth-order valence-electron chi connectivity index (χ4n) is 1.84. The Morgan fingerprint density at radius 3 is 2.93 bits per heavy atom. The van der Waals surface area contributed by atoms with Gasteiger partial charge in [0.15, 0.2) is 0 Å². The second-order valence-corrected chi connectivity index (χ2v) is 3.84. The molecule has 1 aliphatic carbocycles. The number of halogens is 1. The number of carbonyl (C=O) groups excluding carboxylic acids is 1. The van der Waals surface area contributed by atoms with Crippen molar-refractivity contribution in [1.29, 1.82) is 0 Å². The third-order valence-corrected chi connectivity index (χ3v) is 2.85. The molecular formula is C10H10ClNO3. The summed E-state index contributed by atoms with van der Waals surface area (Å²) >= 11 is 5.95. The Hall–Kier alpha value is -1.26. The van der Waals surface area contributed by atoms with Crippen LogP contribution in [0.2, 0.25) is 5.02 Å². The van der Waals surface area contributed by atoms with Crippen molar-refractivity contribution < 1.29 is 14.6 Å². The monoisotopic (exact) mass is 227 g/mol. The molecule has 0 aliphatic heterocycles. The summed E-state index contributed by atoms with van der Waals surface area (Å²) in [6.07, 6.45) is -1.95. The van der Waals surface area contributed by atoms with Crippen molar-refractivity contribution in [2.45, 2.75) is 18.6 Å². The van der Waals surface area contributed by atoms with Crippen molar-refractivity contribution in [3.05, 3.63) is 34.3 Å². The first-order chi connectivity index (χ1) is 7.09. The lowest BCUT2D eigenvalue weighted by molar-refractivity contribution is 0.0171. The number of aliphatic hydroxyl groups excluding tert-OH is 1. The minimum absolute atomic E-state index is 0.402. The Labute approximate surface area is 91.6 Å². The van der Waals surface area contributed by atoms with Gasteiger partial charge in [0.2, 0.25) is 0 Å². The maximum atomic E-state index is 10.6. The van der Waals surface area contributed by atoms with Crippen LogP contribution in [-0.4, -0.2) is 17.3 Å². The number of carbonyl (C=O) groups is 1. The Morgan fingerprint density at radius 2 is 2.33 bits per heavy atom. The highest BCUT2D eigenvalue weighted by atomic mass is 35.5. The lowest BCUT2D eigenvalue weighted by atomic mass is 10.1. The van der Waals surface area contributed by atoms with Crippen LogP contribution >= 0.6 is 11.6 Å². The summed E-state index contributed by atoms with van der Waals surface area (Å²) < 4.78 is 4.79. The molecule has 0 heterocycles. The predicted octanol–water partition coefficient (Wildman–Crippen LogP) is 1.39. The number of nitrogens with two attached hydrogens (primary N) is 1. The van der Waals surface area contributed by atoms with Crippen molar-refractivity contribution in [2.75, 3.05) is 0 Å². The molecule has 0 fully saturated rings. The number of aliphatic hydroxyl groups is 1. The molecule has 0 saturated carbocycles. The zero-order valence-electron chi connectivity index (χ0n) is 7.81. The molecule has 0 spiro atoms. The average Bonchev–Trinajstić information content (AvgIpc) is 2.46. The summed E-state index contributed by atoms with van der Waals surface area (Å²) in [6.45, 7) is 0. The molecule has 1 aromatic carbocycles. The van der Waals surface area contributed by atoms with Crippen molar-refractivity contribution >= 4 is 17.7 Å². The summed E-state index contributed by atoms with van der Waals surface area (Å²) in [5, 5.41) is 10.4. The topological polar surface area (TPSA) is 72.6 Å². The quantitative estimate of drug-likeness (QED) is 0.762. The highest BCUT2D eigenvalue weighted by molar-refractivity contribution is 6.31. The lowest BCUT2D eigenvalue weighted by Crippen LogP contribution is -2.25. The molecule has 0 bridgehead atoms. The van der Waals surface area contributed by atoms with Crippen LogP contribution in [-0.2, 0) is 11.2 Å². The second kappa shape index (κ2) is 3.72. The van der Waals surface area contributed by atoms with Crippen LogP contribution in [0.1, 0.15) is 17.2 Å². The molecule has 0 saturated heterocycles.